The molecule has 2 amide bonds. The summed E-state index contributed by atoms with van der Waals surface area (Å²) in [7, 11) is 0. The van der Waals surface area contributed by atoms with Crippen LogP contribution in [0.5, 0.6) is 0 Å². The monoisotopic (exact) mass is 335 g/mol. The van der Waals surface area contributed by atoms with Crippen LogP contribution in [0.25, 0.3) is 0 Å². The summed E-state index contributed by atoms with van der Waals surface area (Å²) in [5, 5.41) is 0. The Morgan fingerprint density at radius 3 is 2.30 bits per heavy atom. The van der Waals surface area contributed by atoms with Crippen molar-refractivity contribution in [2.24, 2.45) is 0 Å². The number of imide groups is 1. The highest BCUT2D eigenvalue weighted by molar-refractivity contribution is 9.10. The Hall–Kier alpha value is -1.16. The van der Waals surface area contributed by atoms with Gasteiger partial charge in [0.15, 0.2) is 0 Å². The molecule has 1 saturated carbocycles. The standard InChI is InChI=1S/C16H18BrNO2/c17-13-5-3-4-11(8-13)12-9-15(19)18(16(20)10-12)14-6-1-2-7-14/h3-5,8,12,14H,1-2,6-7,9-10H2. The second-order valence-electron chi connectivity index (χ2n) is 5.76. The number of carbonyl (C=O) groups excluding carboxylic acids is 2. The Bertz CT molecular complexity index is 519. The highest BCUT2D eigenvalue weighted by Crippen LogP contribution is 2.34. The third kappa shape index (κ3) is 2.66. The Morgan fingerprint density at radius 1 is 1.05 bits per heavy atom. The van der Waals surface area contributed by atoms with Crippen molar-refractivity contribution in [2.75, 3.05) is 0 Å². The molecule has 0 aromatic heterocycles. The van der Waals surface area contributed by atoms with Crippen LogP contribution in [-0.4, -0.2) is 22.8 Å². The first-order valence-corrected chi connectivity index (χ1v) is 8.05. The predicted molar refractivity (Wildman–Crippen MR) is 80.2 cm³/mol. The van der Waals surface area contributed by atoms with Gasteiger partial charge >= 0.3 is 0 Å². The largest absolute Gasteiger partial charge is 0.279 e. The van der Waals surface area contributed by atoms with E-state index in [1.54, 1.807) is 4.90 Å². The second-order valence-corrected chi connectivity index (χ2v) is 6.67. The van der Waals surface area contributed by atoms with Gasteiger partial charge in [-0.2, -0.15) is 0 Å². The fraction of sp³-hybridized carbons (Fsp3) is 0.500. The van der Waals surface area contributed by atoms with Crippen LogP contribution in [0.3, 0.4) is 0 Å². The molecule has 0 radical (unpaired) electrons. The van der Waals surface area contributed by atoms with E-state index in [9.17, 15) is 9.59 Å². The number of carbonyl (C=O) groups is 2. The maximum absolute atomic E-state index is 12.4. The van der Waals surface area contributed by atoms with Crippen LogP contribution >= 0.6 is 15.9 Å². The molecule has 20 heavy (non-hydrogen) atoms. The lowest BCUT2D eigenvalue weighted by molar-refractivity contribution is -0.151. The summed E-state index contributed by atoms with van der Waals surface area (Å²) < 4.78 is 0.994. The summed E-state index contributed by atoms with van der Waals surface area (Å²) in [5.74, 6) is 0.0569. The van der Waals surface area contributed by atoms with E-state index in [1.165, 1.54) is 0 Å². The number of nitrogens with zero attached hydrogens (tertiary/aromatic N) is 1. The van der Waals surface area contributed by atoms with Gasteiger partial charge in [-0.3, -0.25) is 14.5 Å². The van der Waals surface area contributed by atoms with Gasteiger partial charge in [0.1, 0.15) is 0 Å². The lowest BCUT2D eigenvalue weighted by Gasteiger charge is -2.34. The molecule has 106 valence electrons. The molecule has 0 N–H and O–H groups in total. The molecular formula is C16H18BrNO2. The summed E-state index contributed by atoms with van der Waals surface area (Å²) in [6.07, 6.45) is 5.16. The van der Waals surface area contributed by atoms with Crippen LogP contribution in [0.4, 0.5) is 0 Å². The molecule has 0 atom stereocenters. The quantitative estimate of drug-likeness (QED) is 0.774. The number of likely N-dealkylation sites (tertiary alicyclic amines) is 1. The van der Waals surface area contributed by atoms with Crippen molar-refractivity contribution in [3.8, 4) is 0 Å². The van der Waals surface area contributed by atoms with E-state index in [1.807, 2.05) is 24.3 Å². The van der Waals surface area contributed by atoms with Gasteiger partial charge in [-0.15, -0.1) is 0 Å². The summed E-state index contributed by atoms with van der Waals surface area (Å²) in [6, 6.07) is 8.09. The van der Waals surface area contributed by atoms with Crippen molar-refractivity contribution in [3.63, 3.8) is 0 Å². The molecule has 3 nitrogen and oxygen atoms in total. The Morgan fingerprint density at radius 2 is 1.70 bits per heavy atom. The van der Waals surface area contributed by atoms with E-state index in [0.29, 0.717) is 12.8 Å². The molecule has 1 saturated heterocycles. The molecule has 0 unspecified atom stereocenters. The Balaban J connectivity index is 1.77. The number of amides is 2. The minimum Gasteiger partial charge on any atom is -0.279 e. The zero-order chi connectivity index (χ0) is 14.1. The van der Waals surface area contributed by atoms with E-state index in [0.717, 1.165) is 35.7 Å². The molecule has 1 aliphatic carbocycles. The smallest absolute Gasteiger partial charge is 0.230 e. The zero-order valence-corrected chi connectivity index (χ0v) is 12.9. The maximum Gasteiger partial charge on any atom is 0.230 e. The van der Waals surface area contributed by atoms with Gasteiger partial charge < -0.3 is 0 Å². The molecular weight excluding hydrogens is 318 g/mol. The predicted octanol–water partition coefficient (Wildman–Crippen LogP) is 3.62. The number of hydrogen-bond donors (Lipinski definition) is 0. The van der Waals surface area contributed by atoms with Crippen LogP contribution in [0.2, 0.25) is 0 Å². The molecule has 0 spiro atoms. The number of piperidine rings is 1. The third-order valence-electron chi connectivity index (χ3n) is 4.39. The van der Waals surface area contributed by atoms with Crippen molar-refractivity contribution in [3.05, 3.63) is 34.3 Å². The van der Waals surface area contributed by atoms with E-state index in [4.69, 9.17) is 0 Å². The fourth-order valence-corrected chi connectivity index (χ4v) is 3.81. The van der Waals surface area contributed by atoms with E-state index in [2.05, 4.69) is 15.9 Å². The molecule has 1 heterocycles. The average Bonchev–Trinajstić information content (AvgIpc) is 2.91. The van der Waals surface area contributed by atoms with Crippen molar-refractivity contribution in [1.82, 2.24) is 4.90 Å². The van der Waals surface area contributed by atoms with Crippen molar-refractivity contribution < 1.29 is 9.59 Å². The third-order valence-corrected chi connectivity index (χ3v) is 4.88. The zero-order valence-electron chi connectivity index (χ0n) is 11.3. The number of halogens is 1. The molecule has 4 heteroatoms. The van der Waals surface area contributed by atoms with Gasteiger partial charge in [-0.25, -0.2) is 0 Å². The van der Waals surface area contributed by atoms with Gasteiger partial charge in [-0.05, 0) is 30.5 Å². The minimum atomic E-state index is 0.0122. The van der Waals surface area contributed by atoms with Crippen LogP contribution in [0.1, 0.15) is 50.0 Å². The number of rotatable bonds is 2. The first kappa shape index (κ1) is 13.8. The van der Waals surface area contributed by atoms with Crippen LogP contribution in [0.15, 0.2) is 28.7 Å². The van der Waals surface area contributed by atoms with Crippen molar-refractivity contribution >= 4 is 27.7 Å². The Kier molecular flexibility index (Phi) is 3.92. The highest BCUT2D eigenvalue weighted by Gasteiger charge is 2.38. The summed E-state index contributed by atoms with van der Waals surface area (Å²) in [5.41, 5.74) is 1.08. The SMILES string of the molecule is O=C1CC(c2cccc(Br)c2)CC(=O)N1C1CCCC1. The number of hydrogen-bond acceptors (Lipinski definition) is 2. The lowest BCUT2D eigenvalue weighted by Crippen LogP contribution is -2.47. The van der Waals surface area contributed by atoms with Crippen molar-refractivity contribution in [1.29, 1.82) is 0 Å². The van der Waals surface area contributed by atoms with Gasteiger partial charge in [-0.1, -0.05) is 40.9 Å². The molecule has 0 bridgehead atoms. The minimum absolute atomic E-state index is 0.0122. The van der Waals surface area contributed by atoms with Gasteiger partial charge in [0.05, 0.1) is 0 Å². The van der Waals surface area contributed by atoms with E-state index >= 15 is 0 Å². The first-order valence-electron chi connectivity index (χ1n) is 7.25. The summed E-state index contributed by atoms with van der Waals surface area (Å²) in [4.78, 5) is 26.3. The Labute approximate surface area is 127 Å². The van der Waals surface area contributed by atoms with Crippen LogP contribution < -0.4 is 0 Å². The van der Waals surface area contributed by atoms with Gasteiger partial charge in [0, 0.05) is 29.3 Å². The molecule has 1 aromatic carbocycles. The topological polar surface area (TPSA) is 37.4 Å². The number of benzene rings is 1. The maximum atomic E-state index is 12.4. The molecule has 2 fully saturated rings. The molecule has 1 aromatic rings. The summed E-state index contributed by atoms with van der Waals surface area (Å²) >= 11 is 3.44. The highest BCUT2D eigenvalue weighted by atomic mass is 79.9. The van der Waals surface area contributed by atoms with Crippen LogP contribution in [0, 0.1) is 0 Å². The molecule has 1 aliphatic heterocycles. The van der Waals surface area contributed by atoms with Crippen LogP contribution in [-0.2, 0) is 9.59 Å². The molecule has 3 rings (SSSR count). The van der Waals surface area contributed by atoms with Gasteiger partial charge in [0.2, 0.25) is 11.8 Å². The lowest BCUT2D eigenvalue weighted by atomic mass is 9.88. The second kappa shape index (κ2) is 5.68. The first-order chi connectivity index (χ1) is 9.65. The van der Waals surface area contributed by atoms with E-state index < -0.39 is 0 Å². The van der Waals surface area contributed by atoms with Crippen molar-refractivity contribution in [2.45, 2.75) is 50.5 Å². The van der Waals surface area contributed by atoms with E-state index in [-0.39, 0.29) is 23.8 Å². The van der Waals surface area contributed by atoms with Gasteiger partial charge in [0.25, 0.3) is 0 Å². The molecule has 2 aliphatic rings. The fourth-order valence-electron chi connectivity index (χ4n) is 3.40. The summed E-state index contributed by atoms with van der Waals surface area (Å²) in [6.45, 7) is 0. The average molecular weight is 336 g/mol. The normalized spacial score (nSPS) is 21.8.